The van der Waals surface area contributed by atoms with Crippen molar-refractivity contribution in [2.75, 3.05) is 20.3 Å². The molecule has 0 aromatic heterocycles. The van der Waals surface area contributed by atoms with Crippen LogP contribution < -0.4 is 0 Å². The molecule has 0 aliphatic carbocycles. The van der Waals surface area contributed by atoms with Gasteiger partial charge in [0.1, 0.15) is 0 Å². The van der Waals surface area contributed by atoms with Gasteiger partial charge in [0.2, 0.25) is 11.6 Å². The van der Waals surface area contributed by atoms with E-state index in [1.165, 1.54) is 12.0 Å². The summed E-state index contributed by atoms with van der Waals surface area (Å²) in [6, 6.07) is 0. The van der Waals surface area contributed by atoms with Gasteiger partial charge in [-0.3, -0.25) is 4.79 Å². The Morgan fingerprint density at radius 2 is 2.06 bits per heavy atom. The van der Waals surface area contributed by atoms with Gasteiger partial charge in [-0.25, -0.2) is 4.79 Å². The number of hydrogen-bond donors (Lipinski definition) is 0. The van der Waals surface area contributed by atoms with Crippen LogP contribution in [0.5, 0.6) is 0 Å². The van der Waals surface area contributed by atoms with Crippen molar-refractivity contribution in [3.05, 3.63) is 0 Å². The molecule has 1 fully saturated rings. The van der Waals surface area contributed by atoms with Crippen LogP contribution in [0.15, 0.2) is 0 Å². The minimum absolute atomic E-state index is 0.0381. The maximum atomic E-state index is 12.0. The van der Waals surface area contributed by atoms with Gasteiger partial charge in [-0.2, -0.15) is 0 Å². The number of likely N-dealkylation sites (tertiary alicyclic amines) is 1. The number of carbonyl (C=O) groups is 2. The molecule has 5 heteroatoms. The molecular formula is C12H21NO4. The number of rotatable bonds is 5. The normalized spacial score (nSPS) is 23.8. The molecule has 0 unspecified atom stereocenters. The largest absolute Gasteiger partial charge is 0.465 e. The zero-order valence-corrected chi connectivity index (χ0v) is 10.8. The van der Waals surface area contributed by atoms with E-state index in [9.17, 15) is 9.59 Å². The van der Waals surface area contributed by atoms with Gasteiger partial charge in [-0.15, -0.1) is 0 Å². The zero-order valence-electron chi connectivity index (χ0n) is 10.8. The Balaban J connectivity index is 2.93. The number of nitrogens with zero attached hydrogens (tertiary/aromatic N) is 1. The first kappa shape index (κ1) is 14.0. The highest BCUT2D eigenvalue weighted by Crippen LogP contribution is 2.32. The number of hydrogen-bond acceptors (Lipinski definition) is 4. The van der Waals surface area contributed by atoms with Crippen molar-refractivity contribution < 1.29 is 19.1 Å². The minimum atomic E-state index is -1.18. The van der Waals surface area contributed by atoms with E-state index in [0.29, 0.717) is 26.0 Å². The number of amides is 1. The molecule has 1 rings (SSSR count). The van der Waals surface area contributed by atoms with Crippen molar-refractivity contribution in [3.63, 3.8) is 0 Å². The molecule has 5 nitrogen and oxygen atoms in total. The minimum Gasteiger partial charge on any atom is -0.465 e. The molecule has 17 heavy (non-hydrogen) atoms. The summed E-state index contributed by atoms with van der Waals surface area (Å²) >= 11 is 0. The summed E-state index contributed by atoms with van der Waals surface area (Å²) in [5, 5.41) is 0. The van der Waals surface area contributed by atoms with E-state index in [4.69, 9.17) is 9.47 Å². The predicted octanol–water partition coefficient (Wildman–Crippen LogP) is 1.31. The lowest BCUT2D eigenvalue weighted by Gasteiger charge is -2.35. The Hall–Kier alpha value is -1.10. The second-order valence-corrected chi connectivity index (χ2v) is 4.11. The standard InChI is InChI=1S/C12H21NO4/c1-4-7-10(14)13-9-6-8-12(13,17-5-2)11(15)16-3/h4-9H2,1-3H3/t12-/m1/s1. The fourth-order valence-electron chi connectivity index (χ4n) is 2.29. The molecule has 0 saturated carbocycles. The molecular weight excluding hydrogens is 222 g/mol. The Bertz CT molecular complexity index is 292. The Labute approximate surface area is 102 Å². The molecule has 1 saturated heterocycles. The van der Waals surface area contributed by atoms with Crippen LogP contribution in [-0.4, -0.2) is 42.8 Å². The van der Waals surface area contributed by atoms with E-state index < -0.39 is 11.7 Å². The molecule has 1 aliphatic heterocycles. The molecule has 1 heterocycles. The molecule has 0 radical (unpaired) electrons. The molecule has 0 aromatic rings. The predicted molar refractivity (Wildman–Crippen MR) is 62.2 cm³/mol. The van der Waals surface area contributed by atoms with Gasteiger partial charge in [0.15, 0.2) is 0 Å². The van der Waals surface area contributed by atoms with Gasteiger partial charge in [-0.05, 0) is 19.8 Å². The monoisotopic (exact) mass is 243 g/mol. The molecule has 1 amide bonds. The number of methoxy groups -OCH3 is 1. The van der Waals surface area contributed by atoms with Crippen LogP contribution >= 0.6 is 0 Å². The van der Waals surface area contributed by atoms with Crippen molar-refractivity contribution in [1.82, 2.24) is 4.90 Å². The van der Waals surface area contributed by atoms with E-state index in [-0.39, 0.29) is 5.91 Å². The summed E-state index contributed by atoms with van der Waals surface area (Å²) in [5.74, 6) is -0.509. The Kier molecular flexibility index (Phi) is 4.93. The van der Waals surface area contributed by atoms with Gasteiger partial charge in [0.05, 0.1) is 7.11 Å². The highest BCUT2D eigenvalue weighted by Gasteiger charge is 2.51. The summed E-state index contributed by atoms with van der Waals surface area (Å²) < 4.78 is 10.3. The lowest BCUT2D eigenvalue weighted by Crippen LogP contribution is -2.55. The van der Waals surface area contributed by atoms with Gasteiger partial charge in [0.25, 0.3) is 0 Å². The topological polar surface area (TPSA) is 55.8 Å². The lowest BCUT2D eigenvalue weighted by atomic mass is 10.1. The fraction of sp³-hybridized carbons (Fsp3) is 0.833. The zero-order chi connectivity index (χ0) is 12.9. The molecule has 98 valence electrons. The molecule has 0 N–H and O–H groups in total. The molecule has 0 bridgehead atoms. The van der Waals surface area contributed by atoms with Crippen LogP contribution in [0.1, 0.15) is 39.5 Å². The van der Waals surface area contributed by atoms with Crippen LogP contribution in [0.2, 0.25) is 0 Å². The van der Waals surface area contributed by atoms with Gasteiger partial charge in [-0.1, -0.05) is 6.92 Å². The summed E-state index contributed by atoms with van der Waals surface area (Å²) in [7, 11) is 1.32. The van der Waals surface area contributed by atoms with E-state index >= 15 is 0 Å². The van der Waals surface area contributed by atoms with Crippen molar-refractivity contribution in [2.24, 2.45) is 0 Å². The first-order chi connectivity index (χ1) is 8.12. The van der Waals surface area contributed by atoms with Crippen molar-refractivity contribution in [2.45, 2.75) is 45.3 Å². The van der Waals surface area contributed by atoms with Crippen LogP contribution in [0.25, 0.3) is 0 Å². The summed E-state index contributed by atoms with van der Waals surface area (Å²) in [5.41, 5.74) is -1.18. The van der Waals surface area contributed by atoms with Gasteiger partial charge in [0, 0.05) is 26.0 Å². The summed E-state index contributed by atoms with van der Waals surface area (Å²) in [6.45, 7) is 4.69. The van der Waals surface area contributed by atoms with Gasteiger partial charge < -0.3 is 14.4 Å². The molecule has 0 aromatic carbocycles. The smallest absolute Gasteiger partial charge is 0.359 e. The van der Waals surface area contributed by atoms with Crippen molar-refractivity contribution in [3.8, 4) is 0 Å². The average molecular weight is 243 g/mol. The summed E-state index contributed by atoms with van der Waals surface area (Å²) in [6.07, 6.45) is 2.48. The van der Waals surface area contributed by atoms with Crippen molar-refractivity contribution in [1.29, 1.82) is 0 Å². The second-order valence-electron chi connectivity index (χ2n) is 4.11. The van der Waals surface area contributed by atoms with Crippen LogP contribution in [-0.2, 0) is 19.1 Å². The maximum absolute atomic E-state index is 12.0. The van der Waals surface area contributed by atoms with E-state index in [1.807, 2.05) is 13.8 Å². The average Bonchev–Trinajstić information content (AvgIpc) is 2.74. The highest BCUT2D eigenvalue weighted by atomic mass is 16.6. The fourth-order valence-corrected chi connectivity index (χ4v) is 2.29. The second kappa shape index (κ2) is 6.00. The first-order valence-electron chi connectivity index (χ1n) is 6.15. The third kappa shape index (κ3) is 2.60. The maximum Gasteiger partial charge on any atom is 0.359 e. The Morgan fingerprint density at radius 3 is 2.59 bits per heavy atom. The summed E-state index contributed by atoms with van der Waals surface area (Å²) in [4.78, 5) is 25.4. The van der Waals surface area contributed by atoms with Crippen LogP contribution in [0, 0.1) is 0 Å². The molecule has 0 spiro atoms. The van der Waals surface area contributed by atoms with Crippen LogP contribution in [0.4, 0.5) is 0 Å². The van der Waals surface area contributed by atoms with E-state index in [0.717, 1.165) is 12.8 Å². The van der Waals surface area contributed by atoms with Gasteiger partial charge >= 0.3 is 5.97 Å². The number of carbonyl (C=O) groups excluding carboxylic acids is 2. The lowest BCUT2D eigenvalue weighted by molar-refractivity contribution is -0.196. The number of esters is 1. The van der Waals surface area contributed by atoms with Crippen molar-refractivity contribution >= 4 is 11.9 Å². The quantitative estimate of drug-likeness (QED) is 0.683. The highest BCUT2D eigenvalue weighted by molar-refractivity contribution is 5.87. The third-order valence-corrected chi connectivity index (χ3v) is 2.99. The van der Waals surface area contributed by atoms with E-state index in [2.05, 4.69) is 0 Å². The SMILES string of the molecule is CCCC(=O)N1CCC[C@@]1(OCC)C(=O)OC. The van der Waals surface area contributed by atoms with Crippen LogP contribution in [0.3, 0.4) is 0 Å². The first-order valence-corrected chi connectivity index (χ1v) is 6.15. The van der Waals surface area contributed by atoms with E-state index in [1.54, 1.807) is 0 Å². The molecule has 1 aliphatic rings. The Morgan fingerprint density at radius 1 is 1.35 bits per heavy atom. The number of ether oxygens (including phenoxy) is 2. The molecule has 1 atom stereocenters. The third-order valence-electron chi connectivity index (χ3n) is 2.99.